The Morgan fingerprint density at radius 2 is 2.04 bits per heavy atom. The van der Waals surface area contributed by atoms with E-state index in [1.165, 1.54) is 30.0 Å². The summed E-state index contributed by atoms with van der Waals surface area (Å²) in [5.74, 6) is -0.345. The Labute approximate surface area is 157 Å². The van der Waals surface area contributed by atoms with Gasteiger partial charge in [-0.25, -0.2) is 23.7 Å². The maximum Gasteiger partial charge on any atom is 0.333 e. The first-order valence-electron chi connectivity index (χ1n) is 8.53. The molecule has 3 heterocycles. The van der Waals surface area contributed by atoms with Gasteiger partial charge in [0.2, 0.25) is 0 Å². The minimum atomic E-state index is -0.494. The van der Waals surface area contributed by atoms with Crippen LogP contribution < -0.4 is 10.4 Å². The Kier molecular flexibility index (Phi) is 3.51. The molecule has 0 amide bonds. The van der Waals surface area contributed by atoms with Crippen molar-refractivity contribution in [3.05, 3.63) is 71.2 Å². The number of ether oxygens (including phenoxy) is 1. The van der Waals surface area contributed by atoms with Gasteiger partial charge in [0.1, 0.15) is 0 Å². The molecule has 7 nitrogen and oxygen atoms in total. The van der Waals surface area contributed by atoms with Crippen molar-refractivity contribution >= 4 is 22.2 Å². The molecule has 0 saturated heterocycles. The number of benzene rings is 2. The van der Waals surface area contributed by atoms with Gasteiger partial charge in [0.25, 0.3) is 0 Å². The molecule has 5 rings (SSSR count). The van der Waals surface area contributed by atoms with E-state index in [1.54, 1.807) is 6.07 Å². The Bertz CT molecular complexity index is 1400. The highest BCUT2D eigenvalue weighted by Crippen LogP contribution is 2.25. The van der Waals surface area contributed by atoms with Gasteiger partial charge in [-0.05, 0) is 42.5 Å². The van der Waals surface area contributed by atoms with E-state index in [4.69, 9.17) is 4.74 Å². The lowest BCUT2D eigenvalue weighted by Crippen LogP contribution is -2.14. The fourth-order valence-electron chi connectivity index (χ4n) is 3.26. The van der Waals surface area contributed by atoms with E-state index in [0.29, 0.717) is 28.2 Å². The zero-order chi connectivity index (χ0) is 19.3. The van der Waals surface area contributed by atoms with Gasteiger partial charge < -0.3 is 9.72 Å². The van der Waals surface area contributed by atoms with Gasteiger partial charge in [0.05, 0.1) is 24.7 Å². The Morgan fingerprint density at radius 1 is 1.14 bits per heavy atom. The van der Waals surface area contributed by atoms with Crippen LogP contribution in [0.5, 0.6) is 5.75 Å². The summed E-state index contributed by atoms with van der Waals surface area (Å²) in [6.45, 7) is 0. The second-order valence-electron chi connectivity index (χ2n) is 6.29. The summed E-state index contributed by atoms with van der Waals surface area (Å²) in [6.07, 6.45) is 3.34. The van der Waals surface area contributed by atoms with Crippen molar-refractivity contribution in [3.63, 3.8) is 0 Å². The molecule has 2 N–H and O–H groups in total. The molecule has 0 spiro atoms. The Hall–Kier alpha value is -3.94. The van der Waals surface area contributed by atoms with E-state index >= 15 is 0 Å². The molecule has 0 fully saturated rings. The van der Waals surface area contributed by atoms with Crippen LogP contribution in [0.3, 0.4) is 0 Å². The number of halogens is 1. The second kappa shape index (κ2) is 6.05. The molecule has 0 aliphatic rings. The monoisotopic (exact) mass is 375 g/mol. The van der Waals surface area contributed by atoms with Crippen LogP contribution in [0.2, 0.25) is 0 Å². The number of H-pyrrole nitrogens is 2. The number of hydrogen-bond acceptors (Lipinski definition) is 4. The van der Waals surface area contributed by atoms with Crippen molar-refractivity contribution in [2.45, 2.75) is 0 Å². The second-order valence-corrected chi connectivity index (χ2v) is 6.29. The molecule has 8 heteroatoms. The predicted molar refractivity (Wildman–Crippen MR) is 103 cm³/mol. The van der Waals surface area contributed by atoms with Crippen LogP contribution in [0.15, 0.2) is 59.7 Å². The van der Waals surface area contributed by atoms with Crippen LogP contribution in [0, 0.1) is 5.82 Å². The minimum absolute atomic E-state index is 0.149. The Balaban J connectivity index is 1.70. The molecule has 0 aliphatic carbocycles. The van der Waals surface area contributed by atoms with Gasteiger partial charge in [0.15, 0.2) is 22.9 Å². The lowest BCUT2D eigenvalue weighted by molar-refractivity contribution is 0.386. The third-order valence-electron chi connectivity index (χ3n) is 4.64. The summed E-state index contributed by atoms with van der Waals surface area (Å²) in [6, 6.07) is 12.1. The zero-order valence-corrected chi connectivity index (χ0v) is 14.7. The number of nitrogens with one attached hydrogen (secondary N) is 2. The first kappa shape index (κ1) is 16.2. The van der Waals surface area contributed by atoms with Gasteiger partial charge in [0, 0.05) is 22.7 Å². The smallest absolute Gasteiger partial charge is 0.333 e. The average Bonchev–Trinajstić information content (AvgIpc) is 3.29. The summed E-state index contributed by atoms with van der Waals surface area (Å²) in [7, 11) is 1.41. The van der Waals surface area contributed by atoms with Crippen molar-refractivity contribution in [2.24, 2.45) is 0 Å². The fourth-order valence-corrected chi connectivity index (χ4v) is 3.26. The highest BCUT2D eigenvalue weighted by Gasteiger charge is 2.14. The van der Waals surface area contributed by atoms with Gasteiger partial charge in [-0.2, -0.15) is 0 Å². The summed E-state index contributed by atoms with van der Waals surface area (Å²) in [5, 5.41) is 0.972. The lowest BCUT2D eigenvalue weighted by Gasteiger charge is -2.06. The number of nitrogens with zero attached hydrogens (tertiary/aromatic N) is 3. The van der Waals surface area contributed by atoms with Gasteiger partial charge in [-0.1, -0.05) is 0 Å². The van der Waals surface area contributed by atoms with Crippen LogP contribution in [0.1, 0.15) is 0 Å². The van der Waals surface area contributed by atoms with E-state index in [9.17, 15) is 9.18 Å². The number of aromatic amines is 2. The van der Waals surface area contributed by atoms with Crippen LogP contribution in [-0.4, -0.2) is 31.6 Å². The quantitative estimate of drug-likeness (QED) is 0.506. The number of methoxy groups -OCH3 is 1. The van der Waals surface area contributed by atoms with Crippen molar-refractivity contribution in [1.29, 1.82) is 0 Å². The van der Waals surface area contributed by atoms with Gasteiger partial charge in [-0.15, -0.1) is 0 Å². The topological polar surface area (TPSA) is 88.6 Å². The molecule has 5 aromatic rings. The number of imidazole rings is 1. The third-order valence-corrected chi connectivity index (χ3v) is 4.64. The normalized spacial score (nSPS) is 11.4. The highest BCUT2D eigenvalue weighted by atomic mass is 19.1. The first-order chi connectivity index (χ1) is 13.6. The molecule has 0 atom stereocenters. The maximum atomic E-state index is 14.1. The maximum absolute atomic E-state index is 14.1. The fraction of sp³-hybridized carbons (Fsp3) is 0.0500. The lowest BCUT2D eigenvalue weighted by atomic mass is 10.1. The predicted octanol–water partition coefficient (Wildman–Crippen LogP) is 3.40. The SMILES string of the molecule is COc1ccc(-c2cnc3[nH]c(=O)n(-c4ccc5[nH]ccc5c4)c3n2)cc1F. The molecule has 138 valence electrons. The van der Waals surface area contributed by atoms with E-state index in [1.807, 2.05) is 30.5 Å². The van der Waals surface area contributed by atoms with E-state index < -0.39 is 5.82 Å². The molecule has 0 bridgehead atoms. The molecule has 0 aliphatic heterocycles. The molecular weight excluding hydrogens is 361 g/mol. The van der Waals surface area contributed by atoms with Gasteiger partial charge >= 0.3 is 5.69 Å². The van der Waals surface area contributed by atoms with Crippen molar-refractivity contribution in [3.8, 4) is 22.7 Å². The number of aromatic nitrogens is 5. The van der Waals surface area contributed by atoms with E-state index in [2.05, 4.69) is 19.9 Å². The molecule has 0 unspecified atom stereocenters. The largest absolute Gasteiger partial charge is 0.494 e. The highest BCUT2D eigenvalue weighted by molar-refractivity contribution is 5.82. The number of hydrogen-bond donors (Lipinski definition) is 2. The van der Waals surface area contributed by atoms with Crippen LogP contribution in [-0.2, 0) is 0 Å². The van der Waals surface area contributed by atoms with Crippen molar-refractivity contribution in [2.75, 3.05) is 7.11 Å². The third kappa shape index (κ3) is 2.46. The average molecular weight is 375 g/mol. The van der Waals surface area contributed by atoms with Crippen LogP contribution in [0.4, 0.5) is 4.39 Å². The number of fused-ring (bicyclic) bond motifs is 2. The standard InChI is InChI=1S/C20H14FN5O2/c1-28-17-5-2-11(9-14(17)21)16-10-23-18-19(24-16)26(20(27)25-18)13-3-4-15-12(8-13)6-7-22-15/h2-10,22H,1H3,(H,23,25,27). The molecular formula is C20H14FN5O2. The van der Waals surface area contributed by atoms with Gasteiger partial charge in [-0.3, -0.25) is 4.98 Å². The zero-order valence-electron chi connectivity index (χ0n) is 14.7. The Morgan fingerprint density at radius 3 is 2.86 bits per heavy atom. The van der Waals surface area contributed by atoms with Crippen LogP contribution in [0.25, 0.3) is 39.1 Å². The summed E-state index contributed by atoms with van der Waals surface area (Å²) < 4.78 is 20.5. The first-order valence-corrected chi connectivity index (χ1v) is 8.53. The van der Waals surface area contributed by atoms with Crippen LogP contribution >= 0.6 is 0 Å². The van der Waals surface area contributed by atoms with Crippen molar-refractivity contribution < 1.29 is 9.13 Å². The van der Waals surface area contributed by atoms with E-state index in [-0.39, 0.29) is 11.4 Å². The summed E-state index contributed by atoms with van der Waals surface area (Å²) in [5.41, 5.74) is 3.00. The molecule has 2 aromatic carbocycles. The molecule has 0 radical (unpaired) electrons. The summed E-state index contributed by atoms with van der Waals surface area (Å²) >= 11 is 0. The summed E-state index contributed by atoms with van der Waals surface area (Å²) in [4.78, 5) is 27.2. The molecule has 28 heavy (non-hydrogen) atoms. The number of rotatable bonds is 3. The molecule has 0 saturated carbocycles. The van der Waals surface area contributed by atoms with E-state index in [0.717, 1.165) is 10.9 Å². The molecule has 3 aromatic heterocycles. The minimum Gasteiger partial charge on any atom is -0.494 e. The van der Waals surface area contributed by atoms with Crippen molar-refractivity contribution in [1.82, 2.24) is 24.5 Å².